The highest BCUT2D eigenvalue weighted by Gasteiger charge is 2.17. The van der Waals surface area contributed by atoms with Crippen LogP contribution in [0.25, 0.3) is 5.57 Å². The smallest absolute Gasteiger partial charge is 0.0402 e. The third kappa shape index (κ3) is 4.49. The van der Waals surface area contributed by atoms with Gasteiger partial charge in [-0.1, -0.05) is 66.8 Å². The molecule has 0 amide bonds. The molecule has 22 heavy (non-hydrogen) atoms. The van der Waals surface area contributed by atoms with E-state index in [1.165, 1.54) is 16.8 Å². The molecule has 0 spiro atoms. The highest BCUT2D eigenvalue weighted by Crippen LogP contribution is 2.30. The van der Waals surface area contributed by atoms with Crippen LogP contribution in [0.15, 0.2) is 72.5 Å². The van der Waals surface area contributed by atoms with Gasteiger partial charge >= 0.3 is 0 Å². The van der Waals surface area contributed by atoms with Gasteiger partial charge in [0.15, 0.2) is 0 Å². The molecule has 0 saturated carbocycles. The summed E-state index contributed by atoms with van der Waals surface area (Å²) in [6, 6.07) is 10.8. The molecule has 1 aromatic carbocycles. The van der Waals surface area contributed by atoms with Crippen LogP contribution in [0.5, 0.6) is 0 Å². The van der Waals surface area contributed by atoms with Gasteiger partial charge in [-0.25, -0.2) is 0 Å². The number of likely N-dealkylation sites (N-methyl/N-ethyl adjacent to an activating group) is 1. The van der Waals surface area contributed by atoms with Crippen molar-refractivity contribution in [1.82, 2.24) is 4.90 Å². The topological polar surface area (TPSA) is 3.24 Å². The average Bonchev–Trinajstić information content (AvgIpc) is 3.03. The van der Waals surface area contributed by atoms with Crippen molar-refractivity contribution in [2.24, 2.45) is 0 Å². The van der Waals surface area contributed by atoms with Gasteiger partial charge in [-0.15, -0.1) is 0 Å². The van der Waals surface area contributed by atoms with Gasteiger partial charge in [0.05, 0.1) is 0 Å². The van der Waals surface area contributed by atoms with Crippen LogP contribution in [0.2, 0.25) is 0 Å². The van der Waals surface area contributed by atoms with E-state index in [0.29, 0.717) is 0 Å². The summed E-state index contributed by atoms with van der Waals surface area (Å²) in [7, 11) is 0. The summed E-state index contributed by atoms with van der Waals surface area (Å²) in [6.07, 6.45) is 16.6. The van der Waals surface area contributed by atoms with E-state index in [9.17, 15) is 0 Å². The van der Waals surface area contributed by atoms with Crippen LogP contribution in [0, 0.1) is 0 Å². The van der Waals surface area contributed by atoms with E-state index in [4.69, 9.17) is 0 Å². The summed E-state index contributed by atoms with van der Waals surface area (Å²) in [5, 5.41) is 0. The molecule has 0 fully saturated rings. The van der Waals surface area contributed by atoms with E-state index in [1.54, 1.807) is 0 Å². The highest BCUT2D eigenvalue weighted by molar-refractivity contribution is 5.78. The number of unbranched alkanes of at least 4 members (excludes halogenated alkanes) is 1. The van der Waals surface area contributed by atoms with Gasteiger partial charge in [0.25, 0.3) is 0 Å². The Morgan fingerprint density at radius 2 is 1.95 bits per heavy atom. The highest BCUT2D eigenvalue weighted by atomic mass is 15.1. The summed E-state index contributed by atoms with van der Waals surface area (Å²) in [4.78, 5) is 2.48. The zero-order chi connectivity index (χ0) is 15.6. The fourth-order valence-electron chi connectivity index (χ4n) is 2.81. The van der Waals surface area contributed by atoms with Gasteiger partial charge in [-0.05, 0) is 38.7 Å². The molecule has 0 radical (unpaired) electrons. The summed E-state index contributed by atoms with van der Waals surface area (Å²) < 4.78 is 0. The fraction of sp³-hybridized carbons (Fsp3) is 0.333. The number of rotatable bonds is 7. The van der Waals surface area contributed by atoms with E-state index in [2.05, 4.69) is 78.6 Å². The van der Waals surface area contributed by atoms with Crippen LogP contribution in [-0.4, -0.2) is 18.0 Å². The molecule has 0 atom stereocenters. The van der Waals surface area contributed by atoms with Crippen LogP contribution in [0.1, 0.15) is 38.7 Å². The molecule has 2 rings (SSSR count). The standard InChI is InChI=1S/C21H27N/c1-3-5-6-7-8-12-16-20(19-14-10-9-11-15-19)21-17-13-18-22(21)4-2/h3,5-7,9-11,14-17H,4,8,12-13,18H2,1-2H3/b5-3-,7-6-,20-16-. The third-order valence-corrected chi connectivity index (χ3v) is 3.94. The second-order valence-corrected chi connectivity index (χ2v) is 5.47. The Bertz CT molecular complexity index is 561. The molecule has 1 aliphatic heterocycles. The average molecular weight is 293 g/mol. The Morgan fingerprint density at radius 3 is 2.68 bits per heavy atom. The monoisotopic (exact) mass is 293 g/mol. The van der Waals surface area contributed by atoms with Gasteiger partial charge in [0, 0.05) is 24.4 Å². The van der Waals surface area contributed by atoms with Gasteiger partial charge in [0.2, 0.25) is 0 Å². The van der Waals surface area contributed by atoms with Crippen molar-refractivity contribution in [2.75, 3.05) is 13.1 Å². The first-order valence-corrected chi connectivity index (χ1v) is 8.35. The quantitative estimate of drug-likeness (QED) is 0.468. The first-order valence-electron chi connectivity index (χ1n) is 8.35. The van der Waals surface area contributed by atoms with Crippen molar-refractivity contribution < 1.29 is 0 Å². The minimum Gasteiger partial charge on any atom is -0.371 e. The maximum absolute atomic E-state index is 2.48. The van der Waals surface area contributed by atoms with E-state index in [0.717, 1.165) is 32.4 Å². The molecule has 0 aromatic heterocycles. The SMILES string of the molecule is C/C=C\C=C/CC/C=C(\C1=CCCN1CC)c1ccccc1. The largest absolute Gasteiger partial charge is 0.371 e. The molecule has 1 aromatic rings. The molecule has 0 N–H and O–H groups in total. The van der Waals surface area contributed by atoms with Gasteiger partial charge < -0.3 is 4.90 Å². The van der Waals surface area contributed by atoms with Gasteiger partial charge in [-0.2, -0.15) is 0 Å². The maximum atomic E-state index is 2.48. The minimum atomic E-state index is 1.08. The molecule has 0 unspecified atom stereocenters. The van der Waals surface area contributed by atoms with E-state index >= 15 is 0 Å². The first-order chi connectivity index (χ1) is 10.9. The molecular weight excluding hydrogens is 266 g/mol. The summed E-state index contributed by atoms with van der Waals surface area (Å²) >= 11 is 0. The van der Waals surface area contributed by atoms with Crippen molar-refractivity contribution in [3.05, 3.63) is 78.0 Å². The predicted molar refractivity (Wildman–Crippen MR) is 97.6 cm³/mol. The molecule has 1 nitrogen and oxygen atoms in total. The lowest BCUT2D eigenvalue weighted by molar-refractivity contribution is 0.411. The Morgan fingerprint density at radius 1 is 1.14 bits per heavy atom. The molecule has 1 aliphatic rings. The molecular formula is C21H27N. The summed E-state index contributed by atoms with van der Waals surface area (Å²) in [6.45, 7) is 6.51. The number of hydrogen-bond acceptors (Lipinski definition) is 1. The Hall–Kier alpha value is -2.02. The molecule has 0 saturated heterocycles. The van der Waals surface area contributed by atoms with Crippen molar-refractivity contribution in [2.45, 2.75) is 33.1 Å². The molecule has 116 valence electrons. The Balaban J connectivity index is 2.15. The van der Waals surface area contributed by atoms with Crippen molar-refractivity contribution >= 4 is 5.57 Å². The maximum Gasteiger partial charge on any atom is 0.0402 e. The summed E-state index contributed by atoms with van der Waals surface area (Å²) in [5.41, 5.74) is 4.12. The van der Waals surface area contributed by atoms with Crippen LogP contribution >= 0.6 is 0 Å². The number of allylic oxidation sites excluding steroid dienone is 6. The number of nitrogens with zero attached hydrogens (tertiary/aromatic N) is 1. The van der Waals surface area contributed by atoms with E-state index in [-0.39, 0.29) is 0 Å². The first kappa shape index (κ1) is 16.4. The second-order valence-electron chi connectivity index (χ2n) is 5.47. The second kappa shape index (κ2) is 9.09. The van der Waals surface area contributed by atoms with Crippen LogP contribution in [0.3, 0.4) is 0 Å². The predicted octanol–water partition coefficient (Wildman–Crippen LogP) is 5.59. The molecule has 0 aliphatic carbocycles. The minimum absolute atomic E-state index is 1.08. The van der Waals surface area contributed by atoms with Gasteiger partial charge in [0.1, 0.15) is 0 Å². The lowest BCUT2D eigenvalue weighted by atomic mass is 10.0. The lowest BCUT2D eigenvalue weighted by Gasteiger charge is -2.23. The Labute approximate surface area is 135 Å². The zero-order valence-electron chi connectivity index (χ0n) is 13.8. The number of benzene rings is 1. The van der Waals surface area contributed by atoms with Crippen molar-refractivity contribution in [1.29, 1.82) is 0 Å². The molecule has 1 heteroatoms. The van der Waals surface area contributed by atoms with Crippen LogP contribution < -0.4 is 0 Å². The van der Waals surface area contributed by atoms with E-state index in [1.807, 2.05) is 6.92 Å². The normalized spacial score (nSPS) is 16.0. The van der Waals surface area contributed by atoms with E-state index < -0.39 is 0 Å². The van der Waals surface area contributed by atoms with Crippen LogP contribution in [0.4, 0.5) is 0 Å². The summed E-state index contributed by atoms with van der Waals surface area (Å²) in [5.74, 6) is 0. The zero-order valence-corrected chi connectivity index (χ0v) is 13.8. The lowest BCUT2D eigenvalue weighted by Crippen LogP contribution is -2.19. The molecule has 0 bridgehead atoms. The Kier molecular flexibility index (Phi) is 6.76. The fourth-order valence-corrected chi connectivity index (χ4v) is 2.81. The van der Waals surface area contributed by atoms with Gasteiger partial charge in [-0.3, -0.25) is 0 Å². The third-order valence-electron chi connectivity index (χ3n) is 3.94. The van der Waals surface area contributed by atoms with Crippen LogP contribution in [-0.2, 0) is 0 Å². The number of hydrogen-bond donors (Lipinski definition) is 0. The molecule has 1 heterocycles. The van der Waals surface area contributed by atoms with Crippen molar-refractivity contribution in [3.63, 3.8) is 0 Å². The van der Waals surface area contributed by atoms with Crippen molar-refractivity contribution in [3.8, 4) is 0 Å².